The summed E-state index contributed by atoms with van der Waals surface area (Å²) in [7, 11) is 0. The summed E-state index contributed by atoms with van der Waals surface area (Å²) in [6.45, 7) is 5.96. The SMILES string of the molecule is C=C(Br)CN[C@](C)(C(N)=O)c1ccccc1. The van der Waals surface area contributed by atoms with Crippen molar-refractivity contribution in [3.05, 3.63) is 47.0 Å². The zero-order chi connectivity index (χ0) is 12.2. The van der Waals surface area contributed by atoms with Gasteiger partial charge >= 0.3 is 0 Å². The second-order valence-electron chi connectivity index (χ2n) is 3.73. The maximum atomic E-state index is 11.5. The van der Waals surface area contributed by atoms with Crippen LogP contribution in [0.1, 0.15) is 12.5 Å². The third-order valence-electron chi connectivity index (χ3n) is 2.48. The van der Waals surface area contributed by atoms with Gasteiger partial charge in [-0.2, -0.15) is 0 Å². The Morgan fingerprint density at radius 2 is 2.06 bits per heavy atom. The molecule has 0 radical (unpaired) electrons. The maximum absolute atomic E-state index is 11.5. The largest absolute Gasteiger partial charge is 0.368 e. The lowest BCUT2D eigenvalue weighted by Gasteiger charge is -2.28. The molecule has 0 aliphatic heterocycles. The van der Waals surface area contributed by atoms with Crippen molar-refractivity contribution in [3.8, 4) is 0 Å². The Morgan fingerprint density at radius 3 is 2.50 bits per heavy atom. The molecule has 0 unspecified atom stereocenters. The third-order valence-corrected chi connectivity index (χ3v) is 2.76. The average Bonchev–Trinajstić information content (AvgIpc) is 2.26. The number of amides is 1. The second kappa shape index (κ2) is 5.27. The first kappa shape index (κ1) is 12.9. The summed E-state index contributed by atoms with van der Waals surface area (Å²) in [5.41, 5.74) is 5.41. The van der Waals surface area contributed by atoms with Gasteiger partial charge in [-0.15, -0.1) is 0 Å². The van der Waals surface area contributed by atoms with Gasteiger partial charge in [0, 0.05) is 11.0 Å². The van der Waals surface area contributed by atoms with Crippen LogP contribution in [0.15, 0.2) is 41.4 Å². The molecule has 0 saturated heterocycles. The molecule has 0 aromatic heterocycles. The summed E-state index contributed by atoms with van der Waals surface area (Å²) in [6, 6.07) is 9.39. The Bertz CT molecular complexity index is 391. The monoisotopic (exact) mass is 282 g/mol. The van der Waals surface area contributed by atoms with Gasteiger partial charge in [0.2, 0.25) is 5.91 Å². The van der Waals surface area contributed by atoms with Crippen molar-refractivity contribution in [2.75, 3.05) is 6.54 Å². The highest BCUT2D eigenvalue weighted by atomic mass is 79.9. The van der Waals surface area contributed by atoms with Crippen molar-refractivity contribution >= 4 is 21.8 Å². The molecule has 1 aromatic rings. The molecule has 86 valence electrons. The number of hydrogen-bond donors (Lipinski definition) is 2. The van der Waals surface area contributed by atoms with Crippen LogP contribution >= 0.6 is 15.9 Å². The van der Waals surface area contributed by atoms with Crippen LogP contribution in [0.2, 0.25) is 0 Å². The van der Waals surface area contributed by atoms with Gasteiger partial charge < -0.3 is 5.73 Å². The molecule has 0 spiro atoms. The van der Waals surface area contributed by atoms with Crippen LogP contribution in [0.4, 0.5) is 0 Å². The van der Waals surface area contributed by atoms with Crippen molar-refractivity contribution in [1.82, 2.24) is 5.32 Å². The van der Waals surface area contributed by atoms with Gasteiger partial charge in [-0.25, -0.2) is 0 Å². The molecule has 3 N–H and O–H groups in total. The van der Waals surface area contributed by atoms with Gasteiger partial charge in [0.25, 0.3) is 0 Å². The fraction of sp³-hybridized carbons (Fsp3) is 0.250. The summed E-state index contributed by atoms with van der Waals surface area (Å²) < 4.78 is 0.774. The van der Waals surface area contributed by atoms with Gasteiger partial charge in [-0.05, 0) is 12.5 Å². The van der Waals surface area contributed by atoms with E-state index in [1.165, 1.54) is 0 Å². The summed E-state index contributed by atoms with van der Waals surface area (Å²) >= 11 is 3.24. The normalized spacial score (nSPS) is 14.1. The van der Waals surface area contributed by atoms with Gasteiger partial charge in [0.15, 0.2) is 0 Å². The third kappa shape index (κ3) is 2.93. The molecule has 1 rings (SSSR count). The van der Waals surface area contributed by atoms with Crippen LogP contribution in [-0.4, -0.2) is 12.5 Å². The van der Waals surface area contributed by atoms with E-state index in [1.54, 1.807) is 6.92 Å². The van der Waals surface area contributed by atoms with Gasteiger partial charge in [-0.3, -0.25) is 10.1 Å². The number of carbonyl (C=O) groups excluding carboxylic acids is 1. The molecule has 0 heterocycles. The number of primary amides is 1. The summed E-state index contributed by atoms with van der Waals surface area (Å²) in [5.74, 6) is -0.410. The molecule has 3 nitrogen and oxygen atoms in total. The average molecular weight is 283 g/mol. The molecular weight excluding hydrogens is 268 g/mol. The van der Waals surface area contributed by atoms with E-state index in [1.807, 2.05) is 30.3 Å². The van der Waals surface area contributed by atoms with E-state index >= 15 is 0 Å². The van der Waals surface area contributed by atoms with E-state index in [9.17, 15) is 4.79 Å². The van der Waals surface area contributed by atoms with E-state index in [0.717, 1.165) is 10.0 Å². The van der Waals surface area contributed by atoms with Gasteiger partial charge in [0.1, 0.15) is 5.54 Å². The lowest BCUT2D eigenvalue weighted by atomic mass is 9.91. The molecule has 0 fully saturated rings. The maximum Gasteiger partial charge on any atom is 0.242 e. The molecule has 4 heteroatoms. The van der Waals surface area contributed by atoms with E-state index in [0.29, 0.717) is 6.54 Å². The fourth-order valence-corrected chi connectivity index (χ4v) is 1.52. The van der Waals surface area contributed by atoms with Crippen molar-refractivity contribution in [1.29, 1.82) is 0 Å². The Kier molecular flexibility index (Phi) is 4.26. The quantitative estimate of drug-likeness (QED) is 0.867. The standard InChI is InChI=1S/C12H15BrN2O/c1-9(13)8-15-12(2,11(14)16)10-6-4-3-5-7-10/h3-7,15H,1,8H2,2H3,(H2,14,16)/t12-/m0/s1. The second-order valence-corrected chi connectivity index (χ2v) is 4.85. The zero-order valence-electron chi connectivity index (χ0n) is 9.16. The minimum atomic E-state index is -0.877. The summed E-state index contributed by atoms with van der Waals surface area (Å²) in [4.78, 5) is 11.5. The number of benzene rings is 1. The lowest BCUT2D eigenvalue weighted by Crippen LogP contribution is -2.50. The van der Waals surface area contributed by atoms with Gasteiger partial charge in [-0.1, -0.05) is 52.8 Å². The molecule has 0 aliphatic rings. The highest BCUT2D eigenvalue weighted by Crippen LogP contribution is 2.20. The Morgan fingerprint density at radius 1 is 1.50 bits per heavy atom. The Balaban J connectivity index is 2.98. The summed E-state index contributed by atoms with van der Waals surface area (Å²) in [5, 5.41) is 3.09. The molecule has 1 aromatic carbocycles. The number of carbonyl (C=O) groups is 1. The number of hydrogen-bond acceptors (Lipinski definition) is 2. The van der Waals surface area contributed by atoms with E-state index in [4.69, 9.17) is 5.73 Å². The summed E-state index contributed by atoms with van der Waals surface area (Å²) in [6.07, 6.45) is 0. The van der Waals surface area contributed by atoms with Crippen molar-refractivity contribution < 1.29 is 4.79 Å². The predicted octanol–water partition coefficient (Wildman–Crippen LogP) is 1.89. The van der Waals surface area contributed by atoms with E-state index in [-0.39, 0.29) is 0 Å². The van der Waals surface area contributed by atoms with Crippen LogP contribution in [0.3, 0.4) is 0 Å². The van der Waals surface area contributed by atoms with E-state index < -0.39 is 11.4 Å². The van der Waals surface area contributed by atoms with Gasteiger partial charge in [0.05, 0.1) is 0 Å². The first-order valence-corrected chi connectivity index (χ1v) is 5.70. The number of nitrogens with one attached hydrogen (secondary N) is 1. The topological polar surface area (TPSA) is 55.1 Å². The molecule has 1 amide bonds. The Hall–Kier alpha value is -1.13. The predicted molar refractivity (Wildman–Crippen MR) is 69.1 cm³/mol. The van der Waals surface area contributed by atoms with Crippen molar-refractivity contribution in [2.24, 2.45) is 5.73 Å². The fourth-order valence-electron chi connectivity index (χ4n) is 1.38. The highest BCUT2D eigenvalue weighted by Gasteiger charge is 2.32. The highest BCUT2D eigenvalue weighted by molar-refractivity contribution is 9.11. The number of halogens is 1. The smallest absolute Gasteiger partial charge is 0.242 e. The van der Waals surface area contributed by atoms with Crippen LogP contribution in [0, 0.1) is 0 Å². The van der Waals surface area contributed by atoms with Crippen LogP contribution < -0.4 is 11.1 Å². The van der Waals surface area contributed by atoms with E-state index in [2.05, 4.69) is 27.8 Å². The minimum Gasteiger partial charge on any atom is -0.368 e. The zero-order valence-corrected chi connectivity index (χ0v) is 10.8. The Labute approximate surface area is 104 Å². The number of rotatable bonds is 5. The van der Waals surface area contributed by atoms with Crippen LogP contribution in [0.5, 0.6) is 0 Å². The molecule has 1 atom stereocenters. The molecule has 0 saturated carbocycles. The molecule has 0 aliphatic carbocycles. The first-order chi connectivity index (χ1) is 7.47. The molecule has 0 bridgehead atoms. The number of nitrogens with two attached hydrogens (primary N) is 1. The van der Waals surface area contributed by atoms with Crippen LogP contribution in [-0.2, 0) is 10.3 Å². The first-order valence-electron chi connectivity index (χ1n) is 4.90. The van der Waals surface area contributed by atoms with Crippen molar-refractivity contribution in [2.45, 2.75) is 12.5 Å². The molecule has 16 heavy (non-hydrogen) atoms. The van der Waals surface area contributed by atoms with Crippen molar-refractivity contribution in [3.63, 3.8) is 0 Å². The lowest BCUT2D eigenvalue weighted by molar-refractivity contribution is -0.124. The van der Waals surface area contributed by atoms with Crippen LogP contribution in [0.25, 0.3) is 0 Å². The molecular formula is C12H15BrN2O. The minimum absolute atomic E-state index is 0.410.